The van der Waals surface area contributed by atoms with Gasteiger partial charge in [0.25, 0.3) is 5.91 Å². The first-order chi connectivity index (χ1) is 15.4. The smallest absolute Gasteiger partial charge is 0.315 e. The number of aromatic nitrogens is 3. The van der Waals surface area contributed by atoms with Crippen LogP contribution in [0.25, 0.3) is 0 Å². The van der Waals surface area contributed by atoms with Crippen LogP contribution in [0, 0.1) is 0 Å². The Kier molecular flexibility index (Phi) is 6.45. The van der Waals surface area contributed by atoms with Crippen molar-refractivity contribution >= 4 is 11.9 Å². The van der Waals surface area contributed by atoms with E-state index in [4.69, 9.17) is 4.74 Å². The zero-order valence-electron chi connectivity index (χ0n) is 19.1. The first kappa shape index (κ1) is 22.3. The fraction of sp³-hybridized carbons (Fsp3) is 0.565. The third kappa shape index (κ3) is 4.62. The lowest BCUT2D eigenvalue weighted by Crippen LogP contribution is -2.45. The van der Waals surface area contributed by atoms with Gasteiger partial charge in [-0.2, -0.15) is 0 Å². The lowest BCUT2D eigenvalue weighted by atomic mass is 10.0. The van der Waals surface area contributed by atoms with Crippen LogP contribution in [0.1, 0.15) is 66.8 Å². The number of benzene rings is 1. The number of hydrogen-bond acceptors (Lipinski definition) is 5. The third-order valence-electron chi connectivity index (χ3n) is 6.25. The van der Waals surface area contributed by atoms with Crippen LogP contribution < -0.4 is 10.6 Å². The summed E-state index contributed by atoms with van der Waals surface area (Å²) in [5.41, 5.74) is 3.07. The predicted molar refractivity (Wildman–Crippen MR) is 119 cm³/mol. The number of fused-ring (bicyclic) bond motifs is 1. The highest BCUT2D eigenvalue weighted by Gasteiger charge is 2.45. The molecule has 2 aliphatic rings. The SMILES string of the molecule is CCCNC(=O)NCc1nnn2c1COC1(CCN(C(=O)c3ccc(C(C)C)cc3)C1)C2. The van der Waals surface area contributed by atoms with Crippen LogP contribution in [0.2, 0.25) is 0 Å². The average Bonchev–Trinajstić information content (AvgIpc) is 3.39. The van der Waals surface area contributed by atoms with Gasteiger partial charge in [-0.1, -0.05) is 38.1 Å². The molecular formula is C23H32N6O3. The molecular weight excluding hydrogens is 408 g/mol. The summed E-state index contributed by atoms with van der Waals surface area (Å²) in [7, 11) is 0. The molecule has 3 heterocycles. The molecule has 0 aliphatic carbocycles. The Hall–Kier alpha value is -2.94. The maximum atomic E-state index is 13.0. The Morgan fingerprint density at radius 2 is 1.97 bits per heavy atom. The molecule has 0 bridgehead atoms. The first-order valence-electron chi connectivity index (χ1n) is 11.4. The molecule has 172 valence electrons. The van der Waals surface area contributed by atoms with E-state index in [-0.39, 0.29) is 11.9 Å². The number of amides is 3. The highest BCUT2D eigenvalue weighted by Crippen LogP contribution is 2.33. The minimum Gasteiger partial charge on any atom is -0.365 e. The zero-order chi connectivity index (χ0) is 22.7. The Balaban J connectivity index is 1.37. The van der Waals surface area contributed by atoms with Crippen LogP contribution in [-0.4, -0.2) is 57.1 Å². The van der Waals surface area contributed by atoms with Crippen LogP contribution in [0.15, 0.2) is 24.3 Å². The van der Waals surface area contributed by atoms with Crippen molar-refractivity contribution in [1.29, 1.82) is 0 Å². The van der Waals surface area contributed by atoms with E-state index in [1.54, 1.807) is 0 Å². The van der Waals surface area contributed by atoms with Gasteiger partial charge in [0.1, 0.15) is 11.3 Å². The number of nitrogens with one attached hydrogen (secondary N) is 2. The maximum absolute atomic E-state index is 13.0. The number of carbonyl (C=O) groups is 2. The number of nitrogens with zero attached hydrogens (tertiary/aromatic N) is 4. The van der Waals surface area contributed by atoms with E-state index in [2.05, 4.69) is 34.8 Å². The topological polar surface area (TPSA) is 101 Å². The van der Waals surface area contributed by atoms with E-state index >= 15 is 0 Å². The Morgan fingerprint density at radius 3 is 2.69 bits per heavy atom. The molecule has 2 aliphatic heterocycles. The quantitative estimate of drug-likeness (QED) is 0.718. The largest absolute Gasteiger partial charge is 0.365 e. The van der Waals surface area contributed by atoms with Crippen molar-refractivity contribution < 1.29 is 14.3 Å². The average molecular weight is 441 g/mol. The number of likely N-dealkylation sites (tertiary alicyclic amines) is 1. The summed E-state index contributed by atoms with van der Waals surface area (Å²) < 4.78 is 8.12. The van der Waals surface area contributed by atoms with Crippen molar-refractivity contribution in [2.24, 2.45) is 0 Å². The van der Waals surface area contributed by atoms with Crippen LogP contribution in [-0.2, 0) is 24.4 Å². The van der Waals surface area contributed by atoms with Gasteiger partial charge in [-0.15, -0.1) is 5.10 Å². The summed E-state index contributed by atoms with van der Waals surface area (Å²) in [5, 5.41) is 14.1. The van der Waals surface area contributed by atoms with Crippen molar-refractivity contribution in [3.05, 3.63) is 46.8 Å². The molecule has 2 aromatic rings. The highest BCUT2D eigenvalue weighted by atomic mass is 16.5. The summed E-state index contributed by atoms with van der Waals surface area (Å²) in [4.78, 5) is 26.7. The standard InChI is InChI=1S/C23H32N6O3/c1-4-10-24-22(31)25-12-19-20-13-32-23(15-29(20)27-26-19)9-11-28(14-23)21(30)18-7-5-17(6-8-18)16(2)3/h5-8,16H,4,9-15H2,1-3H3,(H2,24,25,31). The minimum absolute atomic E-state index is 0.0353. The second-order valence-electron chi connectivity index (χ2n) is 8.98. The molecule has 0 saturated carbocycles. The van der Waals surface area contributed by atoms with Crippen LogP contribution >= 0.6 is 0 Å². The van der Waals surface area contributed by atoms with Crippen molar-refractivity contribution in [2.75, 3.05) is 19.6 Å². The summed E-state index contributed by atoms with van der Waals surface area (Å²) in [6, 6.07) is 7.67. The van der Waals surface area contributed by atoms with E-state index in [9.17, 15) is 9.59 Å². The molecule has 9 nitrogen and oxygen atoms in total. The molecule has 1 unspecified atom stereocenters. The Morgan fingerprint density at radius 1 is 1.19 bits per heavy atom. The number of carbonyl (C=O) groups excluding carboxylic acids is 2. The zero-order valence-corrected chi connectivity index (χ0v) is 19.1. The molecule has 9 heteroatoms. The van der Waals surface area contributed by atoms with Crippen molar-refractivity contribution in [2.45, 2.75) is 64.8 Å². The molecule has 1 aromatic heterocycles. The lowest BCUT2D eigenvalue weighted by Gasteiger charge is -2.34. The monoisotopic (exact) mass is 440 g/mol. The van der Waals surface area contributed by atoms with Crippen LogP contribution in [0.3, 0.4) is 0 Å². The molecule has 1 aromatic carbocycles. The summed E-state index contributed by atoms with van der Waals surface area (Å²) >= 11 is 0. The van der Waals surface area contributed by atoms with Crippen molar-refractivity contribution in [3.8, 4) is 0 Å². The lowest BCUT2D eigenvalue weighted by molar-refractivity contribution is -0.0828. The fourth-order valence-electron chi connectivity index (χ4n) is 4.25. The van der Waals surface area contributed by atoms with Gasteiger partial charge in [0.05, 0.1) is 31.9 Å². The normalized spacial score (nSPS) is 19.9. The molecule has 1 spiro atoms. The number of ether oxygens (including phenoxy) is 1. The molecule has 2 N–H and O–H groups in total. The van der Waals surface area contributed by atoms with E-state index in [0.29, 0.717) is 56.5 Å². The molecule has 1 atom stereocenters. The van der Waals surface area contributed by atoms with Gasteiger partial charge in [0.2, 0.25) is 0 Å². The summed E-state index contributed by atoms with van der Waals surface area (Å²) in [6.45, 7) is 9.32. The molecule has 3 amide bonds. The second-order valence-corrected chi connectivity index (χ2v) is 8.98. The van der Waals surface area contributed by atoms with Gasteiger partial charge < -0.3 is 20.3 Å². The number of urea groups is 1. The van der Waals surface area contributed by atoms with Crippen LogP contribution in [0.5, 0.6) is 0 Å². The highest BCUT2D eigenvalue weighted by molar-refractivity contribution is 5.94. The maximum Gasteiger partial charge on any atom is 0.315 e. The Bertz CT molecular complexity index is 971. The van der Waals surface area contributed by atoms with Crippen molar-refractivity contribution in [3.63, 3.8) is 0 Å². The number of rotatable bonds is 6. The second kappa shape index (κ2) is 9.28. The molecule has 0 radical (unpaired) electrons. The van der Waals surface area contributed by atoms with E-state index in [1.165, 1.54) is 5.56 Å². The molecule has 1 fully saturated rings. The molecule has 32 heavy (non-hydrogen) atoms. The summed E-state index contributed by atoms with van der Waals surface area (Å²) in [5.74, 6) is 0.473. The predicted octanol–water partition coefficient (Wildman–Crippen LogP) is 2.43. The van der Waals surface area contributed by atoms with E-state index in [1.807, 2.05) is 40.8 Å². The fourth-order valence-corrected chi connectivity index (χ4v) is 4.25. The third-order valence-corrected chi connectivity index (χ3v) is 6.25. The molecule has 4 rings (SSSR count). The van der Waals surface area contributed by atoms with E-state index < -0.39 is 5.60 Å². The number of hydrogen-bond donors (Lipinski definition) is 2. The Labute approximate surface area is 188 Å². The van der Waals surface area contributed by atoms with Gasteiger partial charge in [0, 0.05) is 18.7 Å². The van der Waals surface area contributed by atoms with Gasteiger partial charge in [-0.3, -0.25) is 4.79 Å². The van der Waals surface area contributed by atoms with Crippen LogP contribution in [0.4, 0.5) is 4.79 Å². The van der Waals surface area contributed by atoms with Gasteiger partial charge >= 0.3 is 6.03 Å². The molecule has 1 saturated heterocycles. The first-order valence-corrected chi connectivity index (χ1v) is 11.4. The van der Waals surface area contributed by atoms with Gasteiger partial charge in [-0.05, 0) is 36.5 Å². The van der Waals surface area contributed by atoms with Gasteiger partial charge in [0.15, 0.2) is 0 Å². The van der Waals surface area contributed by atoms with Crippen molar-refractivity contribution in [1.82, 2.24) is 30.5 Å². The summed E-state index contributed by atoms with van der Waals surface area (Å²) in [6.07, 6.45) is 1.64. The van der Waals surface area contributed by atoms with Gasteiger partial charge in [-0.25, -0.2) is 9.48 Å². The minimum atomic E-state index is -0.447. The van der Waals surface area contributed by atoms with E-state index in [0.717, 1.165) is 18.5 Å².